The number of rotatable bonds is 5. The van der Waals surface area contributed by atoms with Crippen LogP contribution in [0.5, 0.6) is 0 Å². The Labute approximate surface area is 184 Å². The standard InChI is InChI=1S/C21H24F2N6O3/c1-20(2,3)32-19(31)28-9-7-21(6-8-24,16(22)12-28)29-11-14(13-30)18(27-29)26-15-4-5-17(23)25-10-15/h4-5,10-11,13,16H,6-7,9,12H2,1-3H3,(H,26,27). The van der Waals surface area contributed by atoms with Crippen LogP contribution in [0.15, 0.2) is 24.5 Å². The van der Waals surface area contributed by atoms with E-state index in [0.717, 1.165) is 6.07 Å². The number of amides is 1. The fraction of sp³-hybridized carbons (Fsp3) is 0.476. The van der Waals surface area contributed by atoms with Crippen LogP contribution >= 0.6 is 0 Å². The van der Waals surface area contributed by atoms with Gasteiger partial charge in [0.2, 0.25) is 5.95 Å². The maximum Gasteiger partial charge on any atom is 0.410 e. The van der Waals surface area contributed by atoms with Gasteiger partial charge in [0.15, 0.2) is 12.1 Å². The van der Waals surface area contributed by atoms with Crippen molar-refractivity contribution < 1.29 is 23.1 Å². The molecule has 1 amide bonds. The number of alkyl halides is 1. The predicted octanol–water partition coefficient (Wildman–Crippen LogP) is 3.56. The second kappa shape index (κ2) is 8.90. The molecule has 0 bridgehead atoms. The number of aromatic nitrogens is 3. The number of anilines is 2. The minimum absolute atomic E-state index is 0.0957. The van der Waals surface area contributed by atoms with Gasteiger partial charge in [-0.3, -0.25) is 9.48 Å². The van der Waals surface area contributed by atoms with E-state index in [-0.39, 0.29) is 37.3 Å². The second-order valence-electron chi connectivity index (χ2n) is 8.57. The van der Waals surface area contributed by atoms with E-state index < -0.39 is 29.4 Å². The zero-order valence-electron chi connectivity index (χ0n) is 18.0. The van der Waals surface area contributed by atoms with Gasteiger partial charge < -0.3 is 15.0 Å². The average Bonchev–Trinajstić information content (AvgIpc) is 3.13. The van der Waals surface area contributed by atoms with E-state index in [1.807, 2.05) is 6.07 Å². The highest BCUT2D eigenvalue weighted by Crippen LogP contribution is 2.37. The summed E-state index contributed by atoms with van der Waals surface area (Å²) in [5.74, 6) is -0.547. The molecule has 1 saturated heterocycles. The van der Waals surface area contributed by atoms with Gasteiger partial charge >= 0.3 is 6.09 Å². The first kappa shape index (κ1) is 23.1. The van der Waals surface area contributed by atoms with Gasteiger partial charge in [0, 0.05) is 12.7 Å². The normalized spacial score (nSPS) is 21.0. The lowest BCUT2D eigenvalue weighted by atomic mass is 9.83. The largest absolute Gasteiger partial charge is 0.444 e. The van der Waals surface area contributed by atoms with Gasteiger partial charge in [-0.15, -0.1) is 0 Å². The summed E-state index contributed by atoms with van der Waals surface area (Å²) < 4.78 is 35.2. The second-order valence-corrected chi connectivity index (χ2v) is 8.57. The molecule has 3 rings (SSSR count). The Hall–Kier alpha value is -3.55. The lowest BCUT2D eigenvalue weighted by Gasteiger charge is -2.43. The number of halogens is 2. The van der Waals surface area contributed by atoms with Crippen LogP contribution in [0.4, 0.5) is 25.1 Å². The van der Waals surface area contributed by atoms with Gasteiger partial charge in [0.25, 0.3) is 0 Å². The number of hydrogen-bond acceptors (Lipinski definition) is 7. The van der Waals surface area contributed by atoms with Crippen LogP contribution < -0.4 is 5.32 Å². The molecule has 2 atom stereocenters. The average molecular weight is 446 g/mol. The number of pyridine rings is 1. The third-order valence-corrected chi connectivity index (χ3v) is 5.13. The van der Waals surface area contributed by atoms with Crippen molar-refractivity contribution >= 4 is 23.9 Å². The van der Waals surface area contributed by atoms with Crippen LogP contribution in [0.25, 0.3) is 0 Å². The highest BCUT2D eigenvalue weighted by atomic mass is 19.1. The fourth-order valence-electron chi connectivity index (χ4n) is 3.49. The Morgan fingerprint density at radius 1 is 1.47 bits per heavy atom. The number of ether oxygens (including phenoxy) is 1. The van der Waals surface area contributed by atoms with Gasteiger partial charge in [-0.25, -0.2) is 14.2 Å². The molecule has 1 aliphatic heterocycles. The SMILES string of the molecule is CC(C)(C)OC(=O)N1CCC(CC#N)(n2cc(C=O)c(Nc3ccc(F)nc3)n2)C(F)C1. The minimum atomic E-state index is -1.64. The number of piperidine rings is 1. The van der Waals surface area contributed by atoms with Crippen LogP contribution in [0.1, 0.15) is 44.0 Å². The third-order valence-electron chi connectivity index (χ3n) is 5.13. The molecule has 0 radical (unpaired) electrons. The molecule has 0 spiro atoms. The zero-order chi connectivity index (χ0) is 23.5. The van der Waals surface area contributed by atoms with E-state index in [0.29, 0.717) is 12.0 Å². The van der Waals surface area contributed by atoms with Gasteiger partial charge in [-0.05, 0) is 39.3 Å². The number of carbonyl (C=O) groups is 2. The van der Waals surface area contributed by atoms with E-state index in [4.69, 9.17) is 4.74 Å². The number of hydrogen-bond donors (Lipinski definition) is 1. The van der Waals surface area contributed by atoms with Crippen molar-refractivity contribution in [1.29, 1.82) is 5.26 Å². The molecule has 0 aliphatic carbocycles. The van der Waals surface area contributed by atoms with Crippen LogP contribution in [0.3, 0.4) is 0 Å². The molecule has 11 heteroatoms. The molecule has 1 fully saturated rings. The number of nitrogens with zero attached hydrogens (tertiary/aromatic N) is 5. The van der Waals surface area contributed by atoms with Crippen molar-refractivity contribution in [3.05, 3.63) is 36.0 Å². The highest BCUT2D eigenvalue weighted by molar-refractivity contribution is 5.83. The van der Waals surface area contributed by atoms with Gasteiger partial charge in [-0.1, -0.05) is 0 Å². The molecular formula is C21H24F2N6O3. The lowest BCUT2D eigenvalue weighted by molar-refractivity contribution is -0.0179. The molecule has 2 aromatic heterocycles. The predicted molar refractivity (Wildman–Crippen MR) is 111 cm³/mol. The summed E-state index contributed by atoms with van der Waals surface area (Å²) in [7, 11) is 0. The topological polar surface area (TPSA) is 113 Å². The Balaban J connectivity index is 1.87. The Morgan fingerprint density at radius 3 is 2.78 bits per heavy atom. The smallest absolute Gasteiger partial charge is 0.410 e. The molecule has 1 N–H and O–H groups in total. The zero-order valence-corrected chi connectivity index (χ0v) is 18.0. The van der Waals surface area contributed by atoms with Crippen LogP contribution in [0, 0.1) is 17.3 Å². The van der Waals surface area contributed by atoms with E-state index in [1.165, 1.54) is 28.0 Å². The molecule has 3 heterocycles. The first-order valence-corrected chi connectivity index (χ1v) is 10.0. The van der Waals surface area contributed by atoms with Crippen LogP contribution in [0.2, 0.25) is 0 Å². The Morgan fingerprint density at radius 2 is 2.22 bits per heavy atom. The molecule has 0 aromatic carbocycles. The molecule has 1 aliphatic rings. The fourth-order valence-corrected chi connectivity index (χ4v) is 3.49. The number of nitrogens with one attached hydrogen (secondary N) is 1. The molecule has 9 nitrogen and oxygen atoms in total. The molecule has 170 valence electrons. The summed E-state index contributed by atoms with van der Waals surface area (Å²) in [5, 5.41) is 16.6. The lowest BCUT2D eigenvalue weighted by Crippen LogP contribution is -2.56. The molecule has 2 aromatic rings. The third kappa shape index (κ3) is 4.85. The first-order chi connectivity index (χ1) is 15.1. The maximum absolute atomic E-state index is 15.5. The molecule has 2 unspecified atom stereocenters. The summed E-state index contributed by atoms with van der Waals surface area (Å²) in [5.41, 5.74) is -1.58. The summed E-state index contributed by atoms with van der Waals surface area (Å²) >= 11 is 0. The van der Waals surface area contributed by atoms with Gasteiger partial charge in [0.05, 0.1) is 36.5 Å². The quantitative estimate of drug-likeness (QED) is 0.552. The van der Waals surface area contributed by atoms with Gasteiger partial charge in [0.1, 0.15) is 17.3 Å². The maximum atomic E-state index is 15.5. The molecule has 0 saturated carbocycles. The number of carbonyl (C=O) groups excluding carboxylic acids is 2. The van der Waals surface area contributed by atoms with Crippen LogP contribution in [-0.4, -0.2) is 56.9 Å². The first-order valence-electron chi connectivity index (χ1n) is 10.0. The van der Waals surface area contributed by atoms with Crippen molar-refractivity contribution in [2.45, 2.75) is 50.9 Å². The number of aldehydes is 1. The summed E-state index contributed by atoms with van der Waals surface area (Å²) in [4.78, 5) is 28.7. The summed E-state index contributed by atoms with van der Waals surface area (Å²) in [6.07, 6.45) is 0.747. The van der Waals surface area contributed by atoms with Crippen molar-refractivity contribution in [2.24, 2.45) is 0 Å². The summed E-state index contributed by atoms with van der Waals surface area (Å²) in [6, 6.07) is 4.55. The van der Waals surface area contributed by atoms with E-state index in [9.17, 15) is 19.2 Å². The number of nitriles is 1. The Kier molecular flexibility index (Phi) is 6.43. The highest BCUT2D eigenvalue weighted by Gasteiger charge is 2.48. The van der Waals surface area contributed by atoms with Crippen molar-refractivity contribution in [3.8, 4) is 6.07 Å². The molecular weight excluding hydrogens is 422 g/mol. The molecule has 32 heavy (non-hydrogen) atoms. The van der Waals surface area contributed by atoms with Crippen molar-refractivity contribution in [3.63, 3.8) is 0 Å². The monoisotopic (exact) mass is 446 g/mol. The minimum Gasteiger partial charge on any atom is -0.444 e. The van der Waals surface area contributed by atoms with E-state index in [2.05, 4.69) is 15.4 Å². The van der Waals surface area contributed by atoms with E-state index >= 15 is 4.39 Å². The number of likely N-dealkylation sites (tertiary alicyclic amines) is 1. The van der Waals surface area contributed by atoms with Crippen LogP contribution in [-0.2, 0) is 10.3 Å². The van der Waals surface area contributed by atoms with Crippen molar-refractivity contribution in [1.82, 2.24) is 19.7 Å². The Bertz CT molecular complexity index is 1030. The van der Waals surface area contributed by atoms with Gasteiger partial charge in [-0.2, -0.15) is 14.8 Å². The van der Waals surface area contributed by atoms with Crippen molar-refractivity contribution in [2.75, 3.05) is 18.4 Å². The summed E-state index contributed by atoms with van der Waals surface area (Å²) in [6.45, 7) is 5.03. The van der Waals surface area contributed by atoms with E-state index in [1.54, 1.807) is 20.8 Å².